The van der Waals surface area contributed by atoms with Gasteiger partial charge in [-0.1, -0.05) is 6.58 Å². The van der Waals surface area contributed by atoms with Gasteiger partial charge < -0.3 is 4.90 Å². The van der Waals surface area contributed by atoms with Crippen molar-refractivity contribution in [1.82, 2.24) is 9.80 Å². The molecule has 2 aliphatic heterocycles. The van der Waals surface area contributed by atoms with Crippen LogP contribution in [0, 0.1) is 0 Å². The summed E-state index contributed by atoms with van der Waals surface area (Å²) in [4.78, 5) is 5.12. The number of hydrogen-bond donors (Lipinski definition) is 0. The molecule has 0 aromatic carbocycles. The number of fused-ring (bicyclic) bond motifs is 2. The zero-order valence-electron chi connectivity index (χ0n) is 9.66. The first-order chi connectivity index (χ1) is 6.65. The van der Waals surface area contributed by atoms with Crippen LogP contribution in [0.25, 0.3) is 0 Å². The Bertz CT molecular complexity index is 234. The Morgan fingerprint density at radius 3 is 2.71 bits per heavy atom. The summed E-state index contributed by atoms with van der Waals surface area (Å²) in [5.41, 5.74) is 1.36. The maximum atomic E-state index is 4.26. The minimum atomic E-state index is 0.633. The van der Waals surface area contributed by atoms with Crippen molar-refractivity contribution in [3.8, 4) is 0 Å². The fraction of sp³-hybridized carbons (Fsp3) is 0.833. The molecule has 2 nitrogen and oxygen atoms in total. The highest BCUT2D eigenvalue weighted by molar-refractivity contribution is 5.15. The molecule has 2 rings (SSSR count). The van der Waals surface area contributed by atoms with Gasteiger partial charge >= 0.3 is 0 Å². The molecule has 0 aliphatic carbocycles. The highest BCUT2D eigenvalue weighted by atomic mass is 15.3. The summed E-state index contributed by atoms with van der Waals surface area (Å²) in [6, 6.07) is 2.09. The van der Waals surface area contributed by atoms with Gasteiger partial charge in [0.2, 0.25) is 0 Å². The van der Waals surface area contributed by atoms with Gasteiger partial charge in [-0.2, -0.15) is 0 Å². The predicted octanol–water partition coefficient (Wildman–Crippen LogP) is 2.08. The molecule has 0 radical (unpaired) electrons. The van der Waals surface area contributed by atoms with Gasteiger partial charge in [-0.25, -0.2) is 0 Å². The van der Waals surface area contributed by atoms with Gasteiger partial charge in [-0.05, 0) is 33.6 Å². The lowest BCUT2D eigenvalue weighted by Gasteiger charge is -2.45. The Morgan fingerprint density at radius 1 is 1.43 bits per heavy atom. The molecule has 2 aliphatic rings. The molecular formula is C12H22N2. The zero-order valence-corrected chi connectivity index (χ0v) is 9.66. The first-order valence-corrected chi connectivity index (χ1v) is 5.86. The average molecular weight is 194 g/mol. The van der Waals surface area contributed by atoms with Crippen molar-refractivity contribution in [2.75, 3.05) is 13.1 Å². The van der Waals surface area contributed by atoms with E-state index in [2.05, 4.69) is 37.1 Å². The molecule has 2 saturated heterocycles. The van der Waals surface area contributed by atoms with Crippen molar-refractivity contribution < 1.29 is 0 Å². The van der Waals surface area contributed by atoms with E-state index in [9.17, 15) is 0 Å². The summed E-state index contributed by atoms with van der Waals surface area (Å²) in [7, 11) is 0. The number of piperazine rings is 1. The number of likely N-dealkylation sites (tertiary alicyclic amines) is 1. The second kappa shape index (κ2) is 3.58. The third kappa shape index (κ3) is 1.36. The zero-order chi connectivity index (χ0) is 10.3. The summed E-state index contributed by atoms with van der Waals surface area (Å²) in [6.07, 6.45) is 2.68. The first-order valence-electron chi connectivity index (χ1n) is 5.86. The van der Waals surface area contributed by atoms with Crippen molar-refractivity contribution in [1.29, 1.82) is 0 Å². The van der Waals surface area contributed by atoms with Crippen molar-refractivity contribution >= 4 is 0 Å². The Balaban J connectivity index is 2.18. The molecule has 2 bridgehead atoms. The van der Waals surface area contributed by atoms with Gasteiger partial charge in [0.15, 0.2) is 0 Å². The lowest BCUT2D eigenvalue weighted by molar-refractivity contribution is 0.0825. The quantitative estimate of drug-likeness (QED) is 0.664. The van der Waals surface area contributed by atoms with Gasteiger partial charge in [0, 0.05) is 36.9 Å². The van der Waals surface area contributed by atoms with Crippen molar-refractivity contribution in [3.05, 3.63) is 12.3 Å². The molecule has 2 heteroatoms. The minimum Gasteiger partial charge on any atom is -0.373 e. The normalized spacial score (nSPS) is 33.1. The standard InChI is InChI=1S/C12H22N2/c1-5-13-8-11-6-7-12(10(13)4)14(11)9(2)3/h9,11-12H,4-8H2,1-3H3. The second-order valence-electron chi connectivity index (χ2n) is 4.82. The second-order valence-corrected chi connectivity index (χ2v) is 4.82. The van der Waals surface area contributed by atoms with E-state index < -0.39 is 0 Å². The fourth-order valence-corrected chi connectivity index (χ4v) is 3.12. The van der Waals surface area contributed by atoms with E-state index in [1.165, 1.54) is 25.1 Å². The molecular weight excluding hydrogens is 172 g/mol. The van der Waals surface area contributed by atoms with Gasteiger partial charge in [0.1, 0.15) is 0 Å². The maximum absolute atomic E-state index is 4.26. The smallest absolute Gasteiger partial charge is 0.0498 e. The summed E-state index contributed by atoms with van der Waals surface area (Å²) in [6.45, 7) is 13.4. The van der Waals surface area contributed by atoms with E-state index >= 15 is 0 Å². The molecule has 80 valence electrons. The van der Waals surface area contributed by atoms with Crippen LogP contribution >= 0.6 is 0 Å². The van der Waals surface area contributed by atoms with E-state index in [-0.39, 0.29) is 0 Å². The Labute approximate surface area is 87.6 Å². The van der Waals surface area contributed by atoms with Crippen molar-refractivity contribution in [2.45, 2.75) is 51.7 Å². The molecule has 2 fully saturated rings. The van der Waals surface area contributed by atoms with Crippen LogP contribution in [0.2, 0.25) is 0 Å². The molecule has 0 aromatic rings. The van der Waals surface area contributed by atoms with Crippen LogP contribution in [0.5, 0.6) is 0 Å². The Hall–Kier alpha value is -0.500. The number of nitrogens with zero attached hydrogens (tertiary/aromatic N) is 2. The lowest BCUT2D eigenvalue weighted by Crippen LogP contribution is -2.54. The summed E-state index contributed by atoms with van der Waals surface area (Å²) in [5, 5.41) is 0. The maximum Gasteiger partial charge on any atom is 0.0498 e. The molecule has 0 spiro atoms. The third-order valence-corrected chi connectivity index (χ3v) is 3.75. The molecule has 2 atom stereocenters. The fourth-order valence-electron chi connectivity index (χ4n) is 3.12. The van der Waals surface area contributed by atoms with E-state index in [4.69, 9.17) is 0 Å². The SMILES string of the molecule is C=C1C2CCC(CN1CC)N2C(C)C. The monoisotopic (exact) mass is 194 g/mol. The van der Waals surface area contributed by atoms with Gasteiger partial charge in [-0.15, -0.1) is 0 Å². The molecule has 0 aromatic heterocycles. The van der Waals surface area contributed by atoms with Crippen molar-refractivity contribution in [2.24, 2.45) is 0 Å². The highest BCUT2D eigenvalue weighted by Gasteiger charge is 2.42. The molecule has 0 amide bonds. The molecule has 0 saturated carbocycles. The lowest BCUT2D eigenvalue weighted by atomic mass is 10.1. The number of rotatable bonds is 2. The molecule has 2 unspecified atom stereocenters. The molecule has 2 heterocycles. The van der Waals surface area contributed by atoms with Gasteiger partial charge in [0.05, 0.1) is 0 Å². The van der Waals surface area contributed by atoms with Gasteiger partial charge in [-0.3, -0.25) is 4.90 Å². The Morgan fingerprint density at radius 2 is 2.14 bits per heavy atom. The topological polar surface area (TPSA) is 6.48 Å². The van der Waals surface area contributed by atoms with Gasteiger partial charge in [0.25, 0.3) is 0 Å². The van der Waals surface area contributed by atoms with E-state index in [1.54, 1.807) is 0 Å². The molecule has 0 N–H and O–H groups in total. The van der Waals surface area contributed by atoms with E-state index in [0.717, 1.165) is 12.6 Å². The van der Waals surface area contributed by atoms with Crippen LogP contribution in [0.1, 0.15) is 33.6 Å². The third-order valence-electron chi connectivity index (χ3n) is 3.75. The van der Waals surface area contributed by atoms with Crippen LogP contribution in [0.3, 0.4) is 0 Å². The Kier molecular flexibility index (Phi) is 2.56. The van der Waals surface area contributed by atoms with Crippen molar-refractivity contribution in [3.63, 3.8) is 0 Å². The molecule has 14 heavy (non-hydrogen) atoms. The summed E-state index contributed by atoms with van der Waals surface area (Å²) >= 11 is 0. The van der Waals surface area contributed by atoms with Crippen LogP contribution in [-0.2, 0) is 0 Å². The van der Waals surface area contributed by atoms with Crippen LogP contribution in [0.15, 0.2) is 12.3 Å². The summed E-state index contributed by atoms with van der Waals surface area (Å²) < 4.78 is 0. The summed E-state index contributed by atoms with van der Waals surface area (Å²) in [5.74, 6) is 0. The number of likely N-dealkylation sites (N-methyl/N-ethyl adjacent to an activating group) is 1. The average Bonchev–Trinajstić information content (AvgIpc) is 2.50. The van der Waals surface area contributed by atoms with Crippen LogP contribution < -0.4 is 0 Å². The number of hydrogen-bond acceptors (Lipinski definition) is 2. The van der Waals surface area contributed by atoms with E-state index in [1.807, 2.05) is 0 Å². The minimum absolute atomic E-state index is 0.633. The van der Waals surface area contributed by atoms with Crippen LogP contribution in [0.4, 0.5) is 0 Å². The predicted molar refractivity (Wildman–Crippen MR) is 60.2 cm³/mol. The first kappa shape index (κ1) is 10.0. The van der Waals surface area contributed by atoms with Crippen LogP contribution in [-0.4, -0.2) is 41.0 Å². The highest BCUT2D eigenvalue weighted by Crippen LogP contribution is 2.36. The van der Waals surface area contributed by atoms with E-state index in [0.29, 0.717) is 12.1 Å². The largest absolute Gasteiger partial charge is 0.373 e.